The lowest BCUT2D eigenvalue weighted by Crippen LogP contribution is -2.49. The van der Waals surface area contributed by atoms with Crippen molar-refractivity contribution in [3.63, 3.8) is 0 Å². The summed E-state index contributed by atoms with van der Waals surface area (Å²) >= 11 is 5.98. The van der Waals surface area contributed by atoms with Crippen molar-refractivity contribution in [3.8, 4) is 0 Å². The van der Waals surface area contributed by atoms with Crippen molar-refractivity contribution in [2.24, 2.45) is 4.99 Å². The van der Waals surface area contributed by atoms with Gasteiger partial charge in [-0.3, -0.25) is 9.89 Å². The molecule has 0 unspecified atom stereocenters. The van der Waals surface area contributed by atoms with Crippen LogP contribution in [0.5, 0.6) is 0 Å². The van der Waals surface area contributed by atoms with E-state index in [-0.39, 0.29) is 11.6 Å². The number of aliphatic imine (C=N–C) groups is 1. The normalized spacial score (nSPS) is 15.4. The van der Waals surface area contributed by atoms with E-state index in [1.54, 1.807) is 11.0 Å². The summed E-state index contributed by atoms with van der Waals surface area (Å²) < 4.78 is 0. The molecule has 0 aliphatic carbocycles. The van der Waals surface area contributed by atoms with Gasteiger partial charge in [-0.15, -0.1) is 0 Å². The van der Waals surface area contributed by atoms with Crippen LogP contribution >= 0.6 is 11.6 Å². The Morgan fingerprint density at radius 1 is 1.42 bits per heavy atom. The molecule has 0 radical (unpaired) electrons. The molecule has 0 fully saturated rings. The lowest BCUT2D eigenvalue weighted by atomic mass is 10.1. The SMILES string of the molecule is CC(C)(C)NC(=O)N1CCN=C1c1cccc(Cl)c1. The second kappa shape index (κ2) is 5.21. The summed E-state index contributed by atoms with van der Waals surface area (Å²) in [6.45, 7) is 7.09. The molecule has 0 atom stereocenters. The molecule has 2 rings (SSSR count). The number of amides is 2. The average molecular weight is 280 g/mol. The molecule has 19 heavy (non-hydrogen) atoms. The van der Waals surface area contributed by atoms with Crippen molar-refractivity contribution < 1.29 is 4.79 Å². The number of hydrogen-bond acceptors (Lipinski definition) is 2. The highest BCUT2D eigenvalue weighted by molar-refractivity contribution is 6.31. The number of nitrogens with zero attached hydrogens (tertiary/aromatic N) is 2. The average Bonchev–Trinajstić information content (AvgIpc) is 2.75. The van der Waals surface area contributed by atoms with Gasteiger partial charge in [0.2, 0.25) is 0 Å². The molecule has 0 aromatic heterocycles. The van der Waals surface area contributed by atoms with Crippen LogP contribution in [0.15, 0.2) is 29.3 Å². The standard InChI is InChI=1S/C14H18ClN3O/c1-14(2,3)17-13(19)18-8-7-16-12(18)10-5-4-6-11(15)9-10/h4-6,9H,7-8H2,1-3H3,(H,17,19). The summed E-state index contributed by atoms with van der Waals surface area (Å²) in [5.74, 6) is 0.684. The van der Waals surface area contributed by atoms with E-state index >= 15 is 0 Å². The lowest BCUT2D eigenvalue weighted by molar-refractivity contribution is 0.214. The zero-order valence-electron chi connectivity index (χ0n) is 11.4. The number of hydrogen-bond donors (Lipinski definition) is 1. The fourth-order valence-electron chi connectivity index (χ4n) is 1.91. The molecule has 1 aromatic carbocycles. The van der Waals surface area contributed by atoms with Gasteiger partial charge >= 0.3 is 6.03 Å². The number of benzene rings is 1. The fourth-order valence-corrected chi connectivity index (χ4v) is 2.10. The number of carbonyl (C=O) groups excluding carboxylic acids is 1. The highest BCUT2D eigenvalue weighted by Crippen LogP contribution is 2.16. The van der Waals surface area contributed by atoms with Gasteiger partial charge in [-0.1, -0.05) is 23.7 Å². The van der Waals surface area contributed by atoms with Crippen LogP contribution in [-0.4, -0.2) is 35.4 Å². The molecule has 1 N–H and O–H groups in total. The highest BCUT2D eigenvalue weighted by atomic mass is 35.5. The van der Waals surface area contributed by atoms with Gasteiger partial charge in [-0.05, 0) is 32.9 Å². The summed E-state index contributed by atoms with van der Waals surface area (Å²) in [5, 5.41) is 3.59. The molecule has 1 aromatic rings. The minimum Gasteiger partial charge on any atom is -0.333 e. The van der Waals surface area contributed by atoms with Gasteiger partial charge < -0.3 is 5.32 Å². The minimum absolute atomic E-state index is 0.122. The third-order valence-corrected chi connectivity index (χ3v) is 2.89. The van der Waals surface area contributed by atoms with Gasteiger partial charge in [0, 0.05) is 22.7 Å². The Morgan fingerprint density at radius 2 is 2.16 bits per heavy atom. The monoisotopic (exact) mass is 279 g/mol. The van der Waals surface area contributed by atoms with Gasteiger partial charge in [-0.25, -0.2) is 4.79 Å². The van der Waals surface area contributed by atoms with Crippen LogP contribution in [0, 0.1) is 0 Å². The molecule has 1 heterocycles. The summed E-state index contributed by atoms with van der Waals surface area (Å²) in [7, 11) is 0. The van der Waals surface area contributed by atoms with E-state index in [0.29, 0.717) is 23.9 Å². The summed E-state index contributed by atoms with van der Waals surface area (Å²) in [4.78, 5) is 18.3. The lowest BCUT2D eigenvalue weighted by Gasteiger charge is -2.26. The molecular weight excluding hydrogens is 262 g/mol. The highest BCUT2D eigenvalue weighted by Gasteiger charge is 2.27. The van der Waals surface area contributed by atoms with Crippen LogP contribution in [-0.2, 0) is 0 Å². The second-order valence-electron chi connectivity index (χ2n) is 5.55. The number of amidine groups is 1. The van der Waals surface area contributed by atoms with E-state index in [0.717, 1.165) is 5.56 Å². The molecule has 0 spiro atoms. The summed E-state index contributed by atoms with van der Waals surface area (Å²) in [5.41, 5.74) is 0.605. The first-order valence-corrected chi connectivity index (χ1v) is 6.65. The number of urea groups is 1. The topological polar surface area (TPSA) is 44.7 Å². The van der Waals surface area contributed by atoms with E-state index in [9.17, 15) is 4.79 Å². The van der Waals surface area contributed by atoms with Gasteiger partial charge in [0.15, 0.2) is 0 Å². The third kappa shape index (κ3) is 3.47. The molecular formula is C14H18ClN3O. The Bertz CT molecular complexity index is 520. The predicted octanol–water partition coefficient (Wildman–Crippen LogP) is 2.91. The van der Waals surface area contributed by atoms with Gasteiger partial charge in [-0.2, -0.15) is 0 Å². The first-order valence-electron chi connectivity index (χ1n) is 6.27. The van der Waals surface area contributed by atoms with Crippen molar-refractivity contribution in [1.29, 1.82) is 0 Å². The van der Waals surface area contributed by atoms with Crippen LogP contribution in [0.3, 0.4) is 0 Å². The third-order valence-electron chi connectivity index (χ3n) is 2.65. The number of rotatable bonds is 1. The fraction of sp³-hybridized carbons (Fsp3) is 0.429. The van der Waals surface area contributed by atoms with Crippen LogP contribution in [0.2, 0.25) is 5.02 Å². The number of carbonyl (C=O) groups is 1. The molecule has 102 valence electrons. The molecule has 5 heteroatoms. The van der Waals surface area contributed by atoms with E-state index in [4.69, 9.17) is 11.6 Å². The minimum atomic E-state index is -0.265. The molecule has 1 aliphatic rings. The van der Waals surface area contributed by atoms with Crippen molar-refractivity contribution in [2.75, 3.05) is 13.1 Å². The van der Waals surface area contributed by atoms with Crippen LogP contribution in [0.1, 0.15) is 26.3 Å². The van der Waals surface area contributed by atoms with Crippen molar-refractivity contribution in [2.45, 2.75) is 26.3 Å². The second-order valence-corrected chi connectivity index (χ2v) is 5.98. The first kappa shape index (κ1) is 13.9. The van der Waals surface area contributed by atoms with E-state index in [1.807, 2.05) is 39.0 Å². The zero-order valence-corrected chi connectivity index (χ0v) is 12.2. The van der Waals surface area contributed by atoms with Gasteiger partial charge in [0.05, 0.1) is 6.54 Å². The van der Waals surface area contributed by atoms with E-state index in [1.165, 1.54) is 0 Å². The first-order chi connectivity index (χ1) is 8.87. The van der Waals surface area contributed by atoms with E-state index in [2.05, 4.69) is 10.3 Å². The largest absolute Gasteiger partial charge is 0.333 e. The predicted molar refractivity (Wildman–Crippen MR) is 77.8 cm³/mol. The van der Waals surface area contributed by atoms with E-state index < -0.39 is 0 Å². The molecule has 0 bridgehead atoms. The maximum absolute atomic E-state index is 12.2. The quantitative estimate of drug-likeness (QED) is 0.844. The zero-order chi connectivity index (χ0) is 14.0. The number of halogens is 1. The maximum atomic E-state index is 12.2. The Hall–Kier alpha value is -1.55. The molecule has 2 amide bonds. The molecule has 1 aliphatic heterocycles. The Balaban J connectivity index is 2.20. The maximum Gasteiger partial charge on any atom is 0.323 e. The summed E-state index contributed by atoms with van der Waals surface area (Å²) in [6.07, 6.45) is 0. The summed E-state index contributed by atoms with van der Waals surface area (Å²) in [6, 6.07) is 7.28. The van der Waals surface area contributed by atoms with Crippen LogP contribution in [0.4, 0.5) is 4.79 Å². The van der Waals surface area contributed by atoms with Gasteiger partial charge in [0.25, 0.3) is 0 Å². The van der Waals surface area contributed by atoms with Crippen molar-refractivity contribution in [1.82, 2.24) is 10.2 Å². The Morgan fingerprint density at radius 3 is 2.79 bits per heavy atom. The number of nitrogens with one attached hydrogen (secondary N) is 1. The molecule has 0 saturated carbocycles. The smallest absolute Gasteiger partial charge is 0.323 e. The molecule has 0 saturated heterocycles. The van der Waals surface area contributed by atoms with Gasteiger partial charge in [0.1, 0.15) is 5.84 Å². The van der Waals surface area contributed by atoms with Crippen molar-refractivity contribution >= 4 is 23.5 Å². The molecule has 4 nitrogen and oxygen atoms in total. The Kier molecular flexibility index (Phi) is 3.80. The Labute approximate surface area is 118 Å². The van der Waals surface area contributed by atoms with Crippen LogP contribution in [0.25, 0.3) is 0 Å². The van der Waals surface area contributed by atoms with Crippen LogP contribution < -0.4 is 5.32 Å². The van der Waals surface area contributed by atoms with Crippen molar-refractivity contribution in [3.05, 3.63) is 34.9 Å².